The molecule has 3 nitrogen and oxygen atoms in total. The van der Waals surface area contributed by atoms with Gasteiger partial charge in [-0.25, -0.2) is 4.79 Å². The lowest BCUT2D eigenvalue weighted by atomic mass is 10.2. The minimum Gasteiger partial charge on any atom is -0.478 e. The van der Waals surface area contributed by atoms with Gasteiger partial charge in [0.2, 0.25) is 0 Å². The van der Waals surface area contributed by atoms with Crippen molar-refractivity contribution in [2.75, 3.05) is 0 Å². The molecule has 3 rings (SSSR count). The van der Waals surface area contributed by atoms with Crippen LogP contribution in [0.3, 0.4) is 0 Å². The van der Waals surface area contributed by atoms with Gasteiger partial charge in [0.25, 0.3) is 0 Å². The Kier molecular flexibility index (Phi) is 3.42. The summed E-state index contributed by atoms with van der Waals surface area (Å²) in [5.41, 5.74) is 1.25. The number of aromatic amines is 1. The van der Waals surface area contributed by atoms with E-state index >= 15 is 0 Å². The first-order chi connectivity index (χ1) is 9.63. The summed E-state index contributed by atoms with van der Waals surface area (Å²) in [6.07, 6.45) is 0. The molecule has 2 N–H and O–H groups in total. The van der Waals surface area contributed by atoms with Gasteiger partial charge in [-0.2, -0.15) is 0 Å². The Balaban J connectivity index is 1.92. The second-order valence-corrected chi connectivity index (χ2v) is 5.76. The summed E-state index contributed by atoms with van der Waals surface area (Å²) in [5.74, 6) is -0.978. The van der Waals surface area contributed by atoms with Crippen LogP contribution in [0, 0.1) is 0 Å². The number of rotatable bonds is 3. The Morgan fingerprint density at radius 1 is 1.15 bits per heavy atom. The predicted molar refractivity (Wildman–Crippen MR) is 80.8 cm³/mol. The molecule has 2 aromatic carbocycles. The average molecular weight is 304 g/mol. The number of nitrogens with one attached hydrogen (secondary N) is 1. The number of hydrogen-bond donors (Lipinski definition) is 2. The minimum absolute atomic E-state index is 0.191. The molecule has 20 heavy (non-hydrogen) atoms. The molecule has 0 saturated heterocycles. The first-order valence-electron chi connectivity index (χ1n) is 5.92. The number of hydrogen-bond acceptors (Lipinski definition) is 2. The van der Waals surface area contributed by atoms with Crippen LogP contribution in [-0.4, -0.2) is 16.1 Å². The molecule has 100 valence electrons. The lowest BCUT2D eigenvalue weighted by Gasteiger charge is -2.03. The van der Waals surface area contributed by atoms with Gasteiger partial charge >= 0.3 is 5.97 Å². The minimum atomic E-state index is -0.978. The van der Waals surface area contributed by atoms with Crippen molar-refractivity contribution in [2.24, 2.45) is 0 Å². The van der Waals surface area contributed by atoms with E-state index in [9.17, 15) is 4.79 Å². The molecule has 5 heteroatoms. The molecule has 0 aliphatic carbocycles. The number of halogens is 1. The van der Waals surface area contributed by atoms with Crippen LogP contribution >= 0.6 is 23.4 Å². The van der Waals surface area contributed by atoms with E-state index in [0.29, 0.717) is 5.02 Å². The molecular weight excluding hydrogens is 294 g/mol. The smallest absolute Gasteiger partial charge is 0.335 e. The number of aromatic nitrogens is 1. The molecule has 0 spiro atoms. The fraction of sp³-hybridized carbons (Fsp3) is 0. The van der Waals surface area contributed by atoms with Crippen LogP contribution in [0.5, 0.6) is 0 Å². The van der Waals surface area contributed by atoms with Gasteiger partial charge in [0.05, 0.1) is 15.6 Å². The summed E-state index contributed by atoms with van der Waals surface area (Å²) in [6.45, 7) is 0. The summed E-state index contributed by atoms with van der Waals surface area (Å²) < 4.78 is 0. The van der Waals surface area contributed by atoms with Gasteiger partial charge < -0.3 is 10.1 Å². The van der Waals surface area contributed by atoms with Gasteiger partial charge in [0, 0.05) is 15.8 Å². The molecular formula is C15H10ClNO2S. The van der Waals surface area contributed by atoms with Crippen LogP contribution in [0.25, 0.3) is 10.9 Å². The molecule has 0 unspecified atom stereocenters. The molecule has 0 amide bonds. The molecule has 0 saturated carbocycles. The highest BCUT2D eigenvalue weighted by atomic mass is 35.5. The maximum absolute atomic E-state index is 10.9. The summed E-state index contributed by atoms with van der Waals surface area (Å²) in [4.78, 5) is 15.0. The van der Waals surface area contributed by atoms with E-state index < -0.39 is 5.97 Å². The van der Waals surface area contributed by atoms with E-state index in [0.717, 1.165) is 20.8 Å². The molecule has 1 heterocycles. The first-order valence-corrected chi connectivity index (χ1v) is 7.11. The quantitative estimate of drug-likeness (QED) is 0.739. The molecule has 0 aliphatic rings. The maximum Gasteiger partial charge on any atom is 0.335 e. The summed E-state index contributed by atoms with van der Waals surface area (Å²) in [7, 11) is 0. The van der Waals surface area contributed by atoms with E-state index in [1.54, 1.807) is 12.1 Å². The van der Waals surface area contributed by atoms with Gasteiger partial charge in [-0.15, -0.1) is 0 Å². The number of carboxylic acids is 1. The van der Waals surface area contributed by atoms with E-state index in [4.69, 9.17) is 16.7 Å². The summed E-state index contributed by atoms with van der Waals surface area (Å²) >= 11 is 7.60. The van der Waals surface area contributed by atoms with Crippen molar-refractivity contribution in [3.8, 4) is 0 Å². The van der Waals surface area contributed by atoms with Crippen molar-refractivity contribution in [1.82, 2.24) is 4.98 Å². The van der Waals surface area contributed by atoms with Crippen molar-refractivity contribution < 1.29 is 9.90 Å². The normalized spacial score (nSPS) is 10.8. The van der Waals surface area contributed by atoms with Crippen LogP contribution in [-0.2, 0) is 0 Å². The van der Waals surface area contributed by atoms with Gasteiger partial charge in [0.1, 0.15) is 0 Å². The number of para-hydroxylation sites is 1. The Morgan fingerprint density at radius 3 is 2.65 bits per heavy atom. The van der Waals surface area contributed by atoms with Crippen molar-refractivity contribution >= 4 is 40.2 Å². The van der Waals surface area contributed by atoms with E-state index in [2.05, 4.69) is 4.98 Å². The molecule has 0 fully saturated rings. The number of carbonyl (C=O) groups is 1. The highest BCUT2D eigenvalue weighted by Crippen LogP contribution is 2.34. The SMILES string of the molecule is O=C(O)c1ccc(Sc2cc3ccccc3[nH]2)c(Cl)c1. The largest absolute Gasteiger partial charge is 0.478 e. The molecule has 3 aromatic rings. The monoisotopic (exact) mass is 303 g/mol. The highest BCUT2D eigenvalue weighted by molar-refractivity contribution is 7.99. The Bertz CT molecular complexity index is 764. The van der Waals surface area contributed by atoms with Crippen molar-refractivity contribution in [2.45, 2.75) is 9.92 Å². The van der Waals surface area contributed by atoms with Gasteiger partial charge in [0.15, 0.2) is 0 Å². The topological polar surface area (TPSA) is 53.1 Å². The number of fused-ring (bicyclic) bond motifs is 1. The number of carboxylic acid groups (broad SMARTS) is 1. The van der Waals surface area contributed by atoms with Crippen LogP contribution in [0.1, 0.15) is 10.4 Å². The lowest BCUT2D eigenvalue weighted by molar-refractivity contribution is 0.0697. The fourth-order valence-corrected chi connectivity index (χ4v) is 3.11. The molecule has 1 aromatic heterocycles. The van der Waals surface area contributed by atoms with E-state index in [1.807, 2.05) is 30.3 Å². The van der Waals surface area contributed by atoms with Gasteiger partial charge in [-0.1, -0.05) is 41.6 Å². The predicted octanol–water partition coefficient (Wildman–Crippen LogP) is 4.67. The zero-order chi connectivity index (χ0) is 14.1. The summed E-state index contributed by atoms with van der Waals surface area (Å²) in [6, 6.07) is 14.8. The lowest BCUT2D eigenvalue weighted by Crippen LogP contribution is -1.95. The standard InChI is InChI=1S/C15H10ClNO2S/c16-11-7-10(15(18)19)5-6-13(11)20-14-8-9-3-1-2-4-12(9)17-14/h1-8,17H,(H,18,19). The first kappa shape index (κ1) is 13.1. The van der Waals surface area contributed by atoms with Crippen molar-refractivity contribution in [3.05, 3.63) is 59.1 Å². The second kappa shape index (κ2) is 5.23. The van der Waals surface area contributed by atoms with Gasteiger partial charge in [-0.05, 0) is 30.3 Å². The zero-order valence-corrected chi connectivity index (χ0v) is 11.8. The zero-order valence-electron chi connectivity index (χ0n) is 10.3. The Hall–Kier alpha value is -1.91. The molecule has 0 aliphatic heterocycles. The van der Waals surface area contributed by atoms with Crippen LogP contribution in [0.2, 0.25) is 5.02 Å². The van der Waals surface area contributed by atoms with Crippen LogP contribution in [0.4, 0.5) is 0 Å². The summed E-state index contributed by atoms with van der Waals surface area (Å²) in [5, 5.41) is 11.5. The number of aromatic carboxylic acids is 1. The number of H-pyrrole nitrogens is 1. The fourth-order valence-electron chi connectivity index (χ4n) is 1.94. The Labute approximate surface area is 124 Å². The second-order valence-electron chi connectivity index (χ2n) is 4.27. The molecule has 0 atom stereocenters. The third kappa shape index (κ3) is 2.53. The highest BCUT2D eigenvalue weighted by Gasteiger charge is 2.09. The van der Waals surface area contributed by atoms with E-state index in [-0.39, 0.29) is 5.56 Å². The molecule has 0 bridgehead atoms. The third-order valence-electron chi connectivity index (χ3n) is 2.90. The van der Waals surface area contributed by atoms with Gasteiger partial charge in [-0.3, -0.25) is 0 Å². The van der Waals surface area contributed by atoms with Crippen molar-refractivity contribution in [1.29, 1.82) is 0 Å². The average Bonchev–Trinajstić information content (AvgIpc) is 2.83. The maximum atomic E-state index is 10.9. The van der Waals surface area contributed by atoms with E-state index in [1.165, 1.54) is 17.8 Å². The Morgan fingerprint density at radius 2 is 1.95 bits per heavy atom. The van der Waals surface area contributed by atoms with Crippen molar-refractivity contribution in [3.63, 3.8) is 0 Å². The van der Waals surface area contributed by atoms with Crippen LogP contribution in [0.15, 0.2) is 58.5 Å². The number of benzene rings is 2. The van der Waals surface area contributed by atoms with Crippen LogP contribution < -0.4 is 0 Å². The molecule has 0 radical (unpaired) electrons. The third-order valence-corrected chi connectivity index (χ3v) is 4.34.